The fraction of sp³-hybridized carbons (Fsp3) is 0.263. The van der Waals surface area contributed by atoms with Crippen LogP contribution in [0.15, 0.2) is 30.3 Å². The molecule has 0 radical (unpaired) electrons. The number of aromatic nitrogens is 4. The summed E-state index contributed by atoms with van der Waals surface area (Å²) >= 11 is 18.0. The Hall–Kier alpha value is -2.15. The monoisotopic (exact) mass is 437 g/mol. The standard InChI is InChI=1S/C19H18Cl3N5O/c1-3-14-17(22)18(25-11(2)24-14)23-9-8-12-4-6-13(7-5-12)28-19-26-15(20)10-16(21)27-19/h4-7,10H,3,8-9H2,1-2H3,(H,23,24,25). The number of benzene rings is 1. The van der Waals surface area contributed by atoms with Gasteiger partial charge in [-0.2, -0.15) is 9.97 Å². The molecule has 0 aliphatic heterocycles. The molecule has 1 aromatic carbocycles. The van der Waals surface area contributed by atoms with E-state index in [0.29, 0.717) is 29.0 Å². The first-order valence-corrected chi connectivity index (χ1v) is 9.81. The van der Waals surface area contributed by atoms with E-state index in [2.05, 4.69) is 25.3 Å². The minimum Gasteiger partial charge on any atom is -0.424 e. The molecular formula is C19H18Cl3N5O. The lowest BCUT2D eigenvalue weighted by molar-refractivity contribution is 0.442. The molecule has 3 aromatic rings. The van der Waals surface area contributed by atoms with Crippen molar-refractivity contribution >= 4 is 40.6 Å². The normalized spacial score (nSPS) is 10.8. The molecule has 2 aromatic heterocycles. The molecule has 0 saturated carbocycles. The summed E-state index contributed by atoms with van der Waals surface area (Å²) in [6.07, 6.45) is 1.56. The van der Waals surface area contributed by atoms with Crippen LogP contribution in [0.4, 0.5) is 5.82 Å². The third-order valence-corrected chi connectivity index (χ3v) is 4.63. The zero-order valence-electron chi connectivity index (χ0n) is 15.3. The second-order valence-corrected chi connectivity index (χ2v) is 7.10. The molecule has 0 aliphatic carbocycles. The van der Waals surface area contributed by atoms with Gasteiger partial charge in [0.2, 0.25) is 0 Å². The maximum Gasteiger partial charge on any atom is 0.324 e. The highest BCUT2D eigenvalue weighted by Gasteiger charge is 2.09. The van der Waals surface area contributed by atoms with Crippen molar-refractivity contribution in [3.63, 3.8) is 0 Å². The zero-order chi connectivity index (χ0) is 20.1. The quantitative estimate of drug-likeness (QED) is 0.488. The van der Waals surface area contributed by atoms with Crippen LogP contribution in [0.3, 0.4) is 0 Å². The van der Waals surface area contributed by atoms with E-state index >= 15 is 0 Å². The second-order valence-electron chi connectivity index (χ2n) is 5.95. The Morgan fingerprint density at radius 1 is 0.964 bits per heavy atom. The van der Waals surface area contributed by atoms with Gasteiger partial charge in [-0.25, -0.2) is 9.97 Å². The molecule has 0 fully saturated rings. The van der Waals surface area contributed by atoms with Gasteiger partial charge in [0.25, 0.3) is 0 Å². The van der Waals surface area contributed by atoms with Crippen LogP contribution in [0.25, 0.3) is 0 Å². The number of nitrogens with zero attached hydrogens (tertiary/aromatic N) is 4. The molecule has 0 spiro atoms. The third kappa shape index (κ3) is 5.44. The van der Waals surface area contributed by atoms with Crippen LogP contribution in [0, 0.1) is 6.92 Å². The highest BCUT2D eigenvalue weighted by Crippen LogP contribution is 2.24. The summed E-state index contributed by atoms with van der Waals surface area (Å²) in [5.41, 5.74) is 1.98. The largest absolute Gasteiger partial charge is 0.424 e. The third-order valence-electron chi connectivity index (χ3n) is 3.85. The lowest BCUT2D eigenvalue weighted by Crippen LogP contribution is -2.09. The molecule has 146 valence electrons. The van der Waals surface area contributed by atoms with Crippen LogP contribution in [-0.2, 0) is 12.8 Å². The first-order chi connectivity index (χ1) is 13.4. The summed E-state index contributed by atoms with van der Waals surface area (Å²) in [5, 5.41) is 4.31. The van der Waals surface area contributed by atoms with Gasteiger partial charge in [0.1, 0.15) is 32.7 Å². The molecule has 3 rings (SSSR count). The van der Waals surface area contributed by atoms with E-state index < -0.39 is 0 Å². The Morgan fingerprint density at radius 3 is 2.29 bits per heavy atom. The van der Waals surface area contributed by atoms with Crippen LogP contribution < -0.4 is 10.1 Å². The van der Waals surface area contributed by atoms with Gasteiger partial charge in [0.05, 0.1) is 5.69 Å². The molecular weight excluding hydrogens is 421 g/mol. The van der Waals surface area contributed by atoms with Gasteiger partial charge in [-0.3, -0.25) is 0 Å². The van der Waals surface area contributed by atoms with Crippen LogP contribution in [0.2, 0.25) is 15.3 Å². The highest BCUT2D eigenvalue weighted by molar-refractivity contribution is 6.33. The van der Waals surface area contributed by atoms with E-state index in [0.717, 1.165) is 24.1 Å². The minimum atomic E-state index is 0.104. The minimum absolute atomic E-state index is 0.104. The Balaban J connectivity index is 1.58. The van der Waals surface area contributed by atoms with E-state index in [9.17, 15) is 0 Å². The molecule has 9 heteroatoms. The fourth-order valence-corrected chi connectivity index (χ4v) is 3.23. The maximum atomic E-state index is 6.35. The number of nitrogens with one attached hydrogen (secondary N) is 1. The van der Waals surface area contributed by atoms with Gasteiger partial charge in [0.15, 0.2) is 0 Å². The number of rotatable bonds is 7. The molecule has 28 heavy (non-hydrogen) atoms. The van der Waals surface area contributed by atoms with Gasteiger partial charge >= 0.3 is 6.01 Å². The highest BCUT2D eigenvalue weighted by atomic mass is 35.5. The molecule has 0 bridgehead atoms. The predicted molar refractivity (Wildman–Crippen MR) is 112 cm³/mol. The first kappa shape index (κ1) is 20.6. The Labute approximate surface area is 178 Å². The topological polar surface area (TPSA) is 72.8 Å². The van der Waals surface area contributed by atoms with Crippen molar-refractivity contribution in [2.45, 2.75) is 26.7 Å². The molecule has 0 aliphatic rings. The van der Waals surface area contributed by atoms with Crippen molar-refractivity contribution in [3.8, 4) is 11.8 Å². The molecule has 6 nitrogen and oxygen atoms in total. The van der Waals surface area contributed by atoms with Crippen molar-refractivity contribution < 1.29 is 4.74 Å². The lowest BCUT2D eigenvalue weighted by atomic mass is 10.1. The van der Waals surface area contributed by atoms with Crippen LogP contribution in [-0.4, -0.2) is 26.5 Å². The fourth-order valence-electron chi connectivity index (χ4n) is 2.54. The number of hydrogen-bond donors (Lipinski definition) is 1. The van der Waals surface area contributed by atoms with Crippen molar-refractivity contribution in [1.29, 1.82) is 0 Å². The summed E-state index contributed by atoms with van der Waals surface area (Å²) in [6, 6.07) is 9.16. The number of anilines is 1. The summed E-state index contributed by atoms with van der Waals surface area (Å²) in [7, 11) is 0. The smallest absolute Gasteiger partial charge is 0.324 e. The van der Waals surface area contributed by atoms with Crippen molar-refractivity contribution in [2.24, 2.45) is 0 Å². The first-order valence-electron chi connectivity index (χ1n) is 8.68. The molecule has 0 amide bonds. The second kappa shape index (κ2) is 9.37. The summed E-state index contributed by atoms with van der Waals surface area (Å²) in [4.78, 5) is 16.7. The van der Waals surface area contributed by atoms with Crippen LogP contribution in [0.1, 0.15) is 24.0 Å². The van der Waals surface area contributed by atoms with Gasteiger partial charge in [0, 0.05) is 12.6 Å². The molecule has 0 saturated heterocycles. The van der Waals surface area contributed by atoms with Gasteiger partial charge < -0.3 is 10.1 Å². The summed E-state index contributed by atoms with van der Waals surface area (Å²) in [6.45, 7) is 4.56. The molecule has 2 heterocycles. The maximum absolute atomic E-state index is 6.35. The van der Waals surface area contributed by atoms with Gasteiger partial charge in [-0.05, 0) is 37.5 Å². The molecule has 1 N–H and O–H groups in total. The van der Waals surface area contributed by atoms with E-state index in [1.54, 1.807) is 0 Å². The predicted octanol–water partition coefficient (Wildman–Crippen LogP) is 5.54. The van der Waals surface area contributed by atoms with E-state index in [1.807, 2.05) is 38.1 Å². The Morgan fingerprint density at radius 2 is 1.64 bits per heavy atom. The van der Waals surface area contributed by atoms with Crippen molar-refractivity contribution in [3.05, 3.63) is 62.7 Å². The lowest BCUT2D eigenvalue weighted by Gasteiger charge is -2.11. The summed E-state index contributed by atoms with van der Waals surface area (Å²) < 4.78 is 5.58. The van der Waals surface area contributed by atoms with Gasteiger partial charge in [-0.1, -0.05) is 53.9 Å². The van der Waals surface area contributed by atoms with Crippen LogP contribution in [0.5, 0.6) is 11.8 Å². The Kier molecular flexibility index (Phi) is 6.88. The number of ether oxygens (including phenoxy) is 1. The Bertz CT molecular complexity index is 946. The SMILES string of the molecule is CCc1nc(C)nc(NCCc2ccc(Oc3nc(Cl)cc(Cl)n3)cc2)c1Cl. The number of hydrogen-bond acceptors (Lipinski definition) is 6. The zero-order valence-corrected chi connectivity index (χ0v) is 17.6. The molecule has 0 atom stereocenters. The number of aryl methyl sites for hydroxylation is 2. The van der Waals surface area contributed by atoms with Gasteiger partial charge in [-0.15, -0.1) is 0 Å². The summed E-state index contributed by atoms with van der Waals surface area (Å²) in [5.74, 6) is 1.96. The van der Waals surface area contributed by atoms with Crippen LogP contribution >= 0.6 is 34.8 Å². The van der Waals surface area contributed by atoms with E-state index in [-0.39, 0.29) is 16.3 Å². The van der Waals surface area contributed by atoms with E-state index in [4.69, 9.17) is 39.5 Å². The van der Waals surface area contributed by atoms with Crippen molar-refractivity contribution in [1.82, 2.24) is 19.9 Å². The average Bonchev–Trinajstić information content (AvgIpc) is 2.64. The van der Waals surface area contributed by atoms with Crippen molar-refractivity contribution in [2.75, 3.05) is 11.9 Å². The number of halogens is 3. The van der Waals surface area contributed by atoms with E-state index in [1.165, 1.54) is 6.07 Å². The molecule has 0 unspecified atom stereocenters. The average molecular weight is 439 g/mol.